The Morgan fingerprint density at radius 3 is 2.64 bits per heavy atom. The molecular weight excluding hydrogens is 172 g/mol. The molecule has 1 heteroatoms. The minimum Gasteiger partial charge on any atom is -0.392 e. The zero-order chi connectivity index (χ0) is 9.28. The molecule has 5 atom stereocenters. The van der Waals surface area contributed by atoms with Crippen molar-refractivity contribution in [3.05, 3.63) is 35.4 Å². The SMILES string of the molecule is OC1CC2c3ccccc3C1C1CC21. The van der Waals surface area contributed by atoms with Gasteiger partial charge in [-0.25, -0.2) is 0 Å². The average Bonchev–Trinajstić information content (AvgIpc) is 2.98. The molecule has 14 heavy (non-hydrogen) atoms. The summed E-state index contributed by atoms with van der Waals surface area (Å²) in [5.41, 5.74) is 3.00. The van der Waals surface area contributed by atoms with E-state index in [1.165, 1.54) is 12.0 Å². The highest BCUT2D eigenvalue weighted by atomic mass is 16.3. The van der Waals surface area contributed by atoms with Crippen LogP contribution in [0.4, 0.5) is 0 Å². The van der Waals surface area contributed by atoms with Gasteiger partial charge >= 0.3 is 0 Å². The maximum absolute atomic E-state index is 10.0. The van der Waals surface area contributed by atoms with Gasteiger partial charge in [-0.2, -0.15) is 0 Å². The summed E-state index contributed by atoms with van der Waals surface area (Å²) < 4.78 is 0. The summed E-state index contributed by atoms with van der Waals surface area (Å²) in [6.07, 6.45) is 2.32. The Labute approximate surface area is 83.8 Å². The Bertz CT molecular complexity index is 396. The van der Waals surface area contributed by atoms with Crippen LogP contribution in [0.5, 0.6) is 0 Å². The van der Waals surface area contributed by atoms with Gasteiger partial charge in [0.15, 0.2) is 0 Å². The van der Waals surface area contributed by atoms with E-state index in [1.807, 2.05) is 0 Å². The first-order valence-corrected chi connectivity index (χ1v) is 5.63. The van der Waals surface area contributed by atoms with Crippen LogP contribution < -0.4 is 0 Å². The highest BCUT2D eigenvalue weighted by Gasteiger charge is 2.58. The van der Waals surface area contributed by atoms with Crippen LogP contribution in [-0.4, -0.2) is 11.2 Å². The minimum atomic E-state index is -0.0568. The lowest BCUT2D eigenvalue weighted by atomic mass is 9.66. The van der Waals surface area contributed by atoms with Crippen LogP contribution in [-0.2, 0) is 0 Å². The molecule has 5 rings (SSSR count). The number of hydrogen-bond acceptors (Lipinski definition) is 1. The molecule has 4 aliphatic rings. The number of benzene rings is 1. The summed E-state index contributed by atoms with van der Waals surface area (Å²) in [6.45, 7) is 0. The second-order valence-corrected chi connectivity index (χ2v) is 5.13. The molecule has 1 aromatic carbocycles. The number of rotatable bonds is 0. The minimum absolute atomic E-state index is 0.0568. The fourth-order valence-electron chi connectivity index (χ4n) is 3.93. The molecule has 0 aromatic heterocycles. The Balaban J connectivity index is 1.96. The first-order valence-electron chi connectivity index (χ1n) is 5.63. The molecule has 1 nitrogen and oxygen atoms in total. The summed E-state index contributed by atoms with van der Waals surface area (Å²) in [7, 11) is 0. The van der Waals surface area contributed by atoms with E-state index in [-0.39, 0.29) is 6.10 Å². The smallest absolute Gasteiger partial charge is 0.0617 e. The molecule has 72 valence electrons. The second-order valence-electron chi connectivity index (χ2n) is 5.13. The Hall–Kier alpha value is -0.820. The van der Waals surface area contributed by atoms with Gasteiger partial charge in [0.05, 0.1) is 6.10 Å². The maximum Gasteiger partial charge on any atom is 0.0617 e. The third-order valence-corrected chi connectivity index (χ3v) is 4.53. The Kier molecular flexibility index (Phi) is 1.18. The van der Waals surface area contributed by atoms with Gasteiger partial charge in [0, 0.05) is 5.92 Å². The number of aliphatic hydroxyl groups excluding tert-OH is 1. The first-order chi connectivity index (χ1) is 6.86. The predicted molar refractivity (Wildman–Crippen MR) is 54.1 cm³/mol. The molecule has 5 unspecified atom stereocenters. The van der Waals surface area contributed by atoms with Crippen molar-refractivity contribution in [2.75, 3.05) is 0 Å². The van der Waals surface area contributed by atoms with E-state index in [1.54, 1.807) is 5.56 Å². The molecule has 2 bridgehead atoms. The third-order valence-electron chi connectivity index (χ3n) is 4.53. The van der Waals surface area contributed by atoms with Crippen LogP contribution in [0, 0.1) is 11.8 Å². The average molecular weight is 186 g/mol. The molecule has 0 spiro atoms. The van der Waals surface area contributed by atoms with Crippen molar-refractivity contribution >= 4 is 0 Å². The fourth-order valence-corrected chi connectivity index (χ4v) is 3.93. The Morgan fingerprint density at radius 1 is 1.00 bits per heavy atom. The standard InChI is InChI=1S/C13H14O/c14-12-6-10-7-3-1-2-4-8(7)13(12)11-5-9(10)11/h1-4,9-14H,5-6H2. The molecular formula is C13H14O. The summed E-state index contributed by atoms with van der Waals surface area (Å²) in [6, 6.07) is 8.75. The van der Waals surface area contributed by atoms with Crippen LogP contribution in [0.2, 0.25) is 0 Å². The van der Waals surface area contributed by atoms with Gasteiger partial charge in [0.2, 0.25) is 0 Å². The van der Waals surface area contributed by atoms with Crippen LogP contribution in [0.1, 0.15) is 35.8 Å². The molecule has 0 saturated heterocycles. The summed E-state index contributed by atoms with van der Waals surface area (Å²) >= 11 is 0. The predicted octanol–water partition coefficient (Wildman–Crippen LogP) is 2.27. The normalized spacial score (nSPS) is 47.1. The number of aliphatic hydroxyl groups is 1. The molecule has 4 aliphatic carbocycles. The highest BCUT2D eigenvalue weighted by Crippen LogP contribution is 2.66. The van der Waals surface area contributed by atoms with Gasteiger partial charge in [-0.3, -0.25) is 0 Å². The van der Waals surface area contributed by atoms with E-state index in [9.17, 15) is 5.11 Å². The molecule has 0 amide bonds. The lowest BCUT2D eigenvalue weighted by Crippen LogP contribution is -2.35. The van der Waals surface area contributed by atoms with Crippen molar-refractivity contribution in [2.45, 2.75) is 30.8 Å². The molecule has 1 aromatic rings. The fraction of sp³-hybridized carbons (Fsp3) is 0.538. The van der Waals surface area contributed by atoms with Crippen LogP contribution in [0.3, 0.4) is 0 Å². The van der Waals surface area contributed by atoms with E-state index in [0.717, 1.165) is 18.3 Å². The van der Waals surface area contributed by atoms with Gasteiger partial charge in [0.25, 0.3) is 0 Å². The van der Waals surface area contributed by atoms with Crippen LogP contribution in [0.25, 0.3) is 0 Å². The van der Waals surface area contributed by atoms with Gasteiger partial charge in [0.1, 0.15) is 0 Å². The lowest BCUT2D eigenvalue weighted by molar-refractivity contribution is 0.0773. The van der Waals surface area contributed by atoms with E-state index in [4.69, 9.17) is 0 Å². The third kappa shape index (κ3) is 0.718. The zero-order valence-electron chi connectivity index (χ0n) is 8.06. The van der Waals surface area contributed by atoms with Crippen molar-refractivity contribution < 1.29 is 5.11 Å². The largest absolute Gasteiger partial charge is 0.392 e. The monoisotopic (exact) mass is 186 g/mol. The lowest BCUT2D eigenvalue weighted by Gasteiger charge is -2.41. The molecule has 2 fully saturated rings. The van der Waals surface area contributed by atoms with Crippen molar-refractivity contribution in [3.63, 3.8) is 0 Å². The van der Waals surface area contributed by atoms with Crippen molar-refractivity contribution in [1.82, 2.24) is 0 Å². The first kappa shape index (κ1) is 7.47. The van der Waals surface area contributed by atoms with E-state index >= 15 is 0 Å². The van der Waals surface area contributed by atoms with E-state index < -0.39 is 0 Å². The van der Waals surface area contributed by atoms with E-state index in [0.29, 0.717) is 11.8 Å². The quantitative estimate of drug-likeness (QED) is 0.659. The number of fused-ring (bicyclic) bond motifs is 1. The van der Waals surface area contributed by atoms with Gasteiger partial charge in [-0.15, -0.1) is 0 Å². The van der Waals surface area contributed by atoms with Gasteiger partial charge < -0.3 is 5.11 Å². The number of hydrogen-bond donors (Lipinski definition) is 1. The zero-order valence-corrected chi connectivity index (χ0v) is 8.06. The molecule has 1 N–H and O–H groups in total. The molecule has 0 heterocycles. The Morgan fingerprint density at radius 2 is 1.79 bits per heavy atom. The summed E-state index contributed by atoms with van der Waals surface area (Å²) in [5.74, 6) is 2.88. The summed E-state index contributed by atoms with van der Waals surface area (Å²) in [5, 5.41) is 10.0. The van der Waals surface area contributed by atoms with Gasteiger partial charge in [-0.05, 0) is 41.7 Å². The van der Waals surface area contributed by atoms with Crippen molar-refractivity contribution in [3.8, 4) is 0 Å². The van der Waals surface area contributed by atoms with Gasteiger partial charge in [-0.1, -0.05) is 24.3 Å². The molecule has 2 saturated carbocycles. The van der Waals surface area contributed by atoms with Crippen LogP contribution in [0.15, 0.2) is 24.3 Å². The second kappa shape index (κ2) is 2.22. The van der Waals surface area contributed by atoms with E-state index in [2.05, 4.69) is 24.3 Å². The molecule has 0 radical (unpaired) electrons. The van der Waals surface area contributed by atoms with Crippen LogP contribution >= 0.6 is 0 Å². The van der Waals surface area contributed by atoms with Crippen molar-refractivity contribution in [1.29, 1.82) is 0 Å². The summed E-state index contributed by atoms with van der Waals surface area (Å²) in [4.78, 5) is 0. The maximum atomic E-state index is 10.0. The topological polar surface area (TPSA) is 20.2 Å². The molecule has 0 aliphatic heterocycles. The highest BCUT2D eigenvalue weighted by molar-refractivity contribution is 5.44. The van der Waals surface area contributed by atoms with Crippen molar-refractivity contribution in [2.24, 2.45) is 11.8 Å².